The highest BCUT2D eigenvalue weighted by Gasteiger charge is 2.24. The zero-order valence-electron chi connectivity index (χ0n) is 22.2. The molecule has 0 saturated heterocycles. The van der Waals surface area contributed by atoms with Gasteiger partial charge >= 0.3 is 0 Å². The Morgan fingerprint density at radius 3 is 0.875 bits per heavy atom. The smallest absolute Gasteiger partial charge is 0.0497 e. The molecule has 0 amide bonds. The van der Waals surface area contributed by atoms with E-state index in [9.17, 15) is 0 Å². The van der Waals surface area contributed by atoms with Crippen molar-refractivity contribution < 1.29 is 0 Å². The average Bonchev–Trinajstić information content (AvgIpc) is 3.03. The standard InChI is InChI=1S/C38H28N2/c1-5-13-35-29(9-1)25-30-10-2-6-14-36(30)39(35)33-21-17-27(18-22-33)28-19-23-34(24-20-28)40-37-15-7-3-11-31(37)26-32-12-4-8-16-38(32)40/h1-24H,25-26H2. The van der Waals surface area contributed by atoms with Crippen molar-refractivity contribution in [2.75, 3.05) is 9.80 Å². The van der Waals surface area contributed by atoms with Crippen LogP contribution in [0.5, 0.6) is 0 Å². The van der Waals surface area contributed by atoms with Crippen molar-refractivity contribution in [3.05, 3.63) is 168 Å². The maximum Gasteiger partial charge on any atom is 0.0497 e. The van der Waals surface area contributed by atoms with Crippen LogP contribution in [0, 0.1) is 0 Å². The molecule has 0 bridgehead atoms. The second kappa shape index (κ2) is 9.29. The number of hydrogen-bond acceptors (Lipinski definition) is 2. The summed E-state index contributed by atoms with van der Waals surface area (Å²) in [5.74, 6) is 0. The molecule has 0 saturated carbocycles. The van der Waals surface area contributed by atoms with E-state index in [0.29, 0.717) is 0 Å². The Bertz CT molecular complexity index is 1620. The van der Waals surface area contributed by atoms with E-state index in [2.05, 4.69) is 155 Å². The van der Waals surface area contributed by atoms with Crippen LogP contribution in [0.4, 0.5) is 34.1 Å². The van der Waals surface area contributed by atoms with Crippen molar-refractivity contribution in [2.45, 2.75) is 12.8 Å². The molecule has 40 heavy (non-hydrogen) atoms. The summed E-state index contributed by atoms with van der Waals surface area (Å²) in [5.41, 5.74) is 15.3. The predicted octanol–water partition coefficient (Wildman–Crippen LogP) is 10.1. The molecule has 0 spiro atoms. The van der Waals surface area contributed by atoms with Crippen molar-refractivity contribution in [1.82, 2.24) is 0 Å². The zero-order valence-corrected chi connectivity index (χ0v) is 22.2. The lowest BCUT2D eigenvalue weighted by Crippen LogP contribution is -2.18. The number of rotatable bonds is 3. The van der Waals surface area contributed by atoms with Gasteiger partial charge in [0.05, 0.1) is 0 Å². The summed E-state index contributed by atoms with van der Waals surface area (Å²) >= 11 is 0. The first-order chi connectivity index (χ1) is 19.8. The predicted molar refractivity (Wildman–Crippen MR) is 167 cm³/mol. The quantitative estimate of drug-likeness (QED) is 0.232. The van der Waals surface area contributed by atoms with Crippen LogP contribution < -0.4 is 9.80 Å². The fraction of sp³-hybridized carbons (Fsp3) is 0.0526. The molecule has 2 heteroatoms. The minimum absolute atomic E-state index is 0.971. The molecule has 2 aliphatic rings. The van der Waals surface area contributed by atoms with Crippen molar-refractivity contribution in [3.8, 4) is 11.1 Å². The Morgan fingerprint density at radius 2 is 0.575 bits per heavy atom. The Hall–Kier alpha value is -5.08. The van der Waals surface area contributed by atoms with Crippen molar-refractivity contribution in [3.63, 3.8) is 0 Å². The van der Waals surface area contributed by atoms with Gasteiger partial charge in [-0.3, -0.25) is 0 Å². The van der Waals surface area contributed by atoms with E-state index in [-0.39, 0.29) is 0 Å². The van der Waals surface area contributed by atoms with Crippen LogP contribution in [0.15, 0.2) is 146 Å². The van der Waals surface area contributed by atoms with E-state index in [0.717, 1.165) is 12.8 Å². The Kier molecular flexibility index (Phi) is 5.31. The van der Waals surface area contributed by atoms with Crippen LogP contribution in [0.25, 0.3) is 11.1 Å². The SMILES string of the molecule is c1ccc2c(c1)Cc1ccccc1N2c1ccc(-c2ccc(N3c4ccccc4Cc4ccccc43)cc2)cc1. The number of para-hydroxylation sites is 4. The third-order valence-electron chi connectivity index (χ3n) is 8.28. The Labute approximate surface area is 235 Å². The lowest BCUT2D eigenvalue weighted by atomic mass is 9.94. The first kappa shape index (κ1) is 22.9. The minimum atomic E-state index is 0.971. The Balaban J connectivity index is 1.13. The average molecular weight is 513 g/mol. The second-order valence-electron chi connectivity index (χ2n) is 10.6. The van der Waals surface area contributed by atoms with E-state index >= 15 is 0 Å². The van der Waals surface area contributed by atoms with Crippen LogP contribution in [0.3, 0.4) is 0 Å². The molecular formula is C38H28N2. The van der Waals surface area contributed by atoms with Gasteiger partial charge in [-0.25, -0.2) is 0 Å². The number of fused-ring (bicyclic) bond motifs is 4. The molecular weight excluding hydrogens is 484 g/mol. The van der Waals surface area contributed by atoms with Gasteiger partial charge < -0.3 is 9.80 Å². The van der Waals surface area contributed by atoms with Gasteiger partial charge in [-0.2, -0.15) is 0 Å². The lowest BCUT2D eigenvalue weighted by molar-refractivity contribution is 1.09. The van der Waals surface area contributed by atoms with Gasteiger partial charge in [0.1, 0.15) is 0 Å². The maximum absolute atomic E-state index is 2.40. The molecule has 0 N–H and O–H groups in total. The molecule has 6 aromatic rings. The van der Waals surface area contributed by atoms with E-state index in [4.69, 9.17) is 0 Å². The summed E-state index contributed by atoms with van der Waals surface area (Å²) in [7, 11) is 0. The summed E-state index contributed by atoms with van der Waals surface area (Å²) in [5, 5.41) is 0. The Morgan fingerprint density at radius 1 is 0.300 bits per heavy atom. The van der Waals surface area contributed by atoms with Crippen molar-refractivity contribution in [1.29, 1.82) is 0 Å². The van der Waals surface area contributed by atoms with E-state index < -0.39 is 0 Å². The molecule has 190 valence electrons. The van der Waals surface area contributed by atoms with Gasteiger partial charge in [-0.1, -0.05) is 97.1 Å². The van der Waals surface area contributed by atoms with Gasteiger partial charge in [0, 0.05) is 47.0 Å². The highest BCUT2D eigenvalue weighted by Crippen LogP contribution is 2.45. The second-order valence-corrected chi connectivity index (χ2v) is 10.6. The summed E-state index contributed by atoms with van der Waals surface area (Å²) < 4.78 is 0. The first-order valence-electron chi connectivity index (χ1n) is 14.0. The molecule has 0 aliphatic carbocycles. The number of hydrogen-bond donors (Lipinski definition) is 0. The molecule has 8 rings (SSSR count). The molecule has 0 aromatic heterocycles. The lowest BCUT2D eigenvalue weighted by Gasteiger charge is -2.33. The van der Waals surface area contributed by atoms with Crippen LogP contribution in [0.2, 0.25) is 0 Å². The van der Waals surface area contributed by atoms with Gasteiger partial charge in [0.15, 0.2) is 0 Å². The largest absolute Gasteiger partial charge is 0.310 e. The molecule has 6 aromatic carbocycles. The molecule has 0 atom stereocenters. The van der Waals surface area contributed by atoms with Gasteiger partial charge in [0.2, 0.25) is 0 Å². The monoisotopic (exact) mass is 512 g/mol. The molecule has 0 fully saturated rings. The molecule has 2 nitrogen and oxygen atoms in total. The molecule has 2 aliphatic heterocycles. The number of anilines is 6. The normalized spacial score (nSPS) is 13.2. The third kappa shape index (κ3) is 3.72. The van der Waals surface area contributed by atoms with E-state index in [1.807, 2.05) is 0 Å². The molecule has 2 heterocycles. The van der Waals surface area contributed by atoms with Crippen LogP contribution in [0.1, 0.15) is 22.3 Å². The van der Waals surface area contributed by atoms with Crippen LogP contribution >= 0.6 is 0 Å². The van der Waals surface area contributed by atoms with E-state index in [1.54, 1.807) is 0 Å². The van der Waals surface area contributed by atoms with Gasteiger partial charge in [-0.15, -0.1) is 0 Å². The fourth-order valence-electron chi connectivity index (χ4n) is 6.35. The summed E-state index contributed by atoms with van der Waals surface area (Å²) in [4.78, 5) is 4.79. The van der Waals surface area contributed by atoms with Crippen LogP contribution in [-0.2, 0) is 12.8 Å². The topological polar surface area (TPSA) is 6.48 Å². The highest BCUT2D eigenvalue weighted by molar-refractivity contribution is 5.86. The number of nitrogens with zero attached hydrogens (tertiary/aromatic N) is 2. The van der Waals surface area contributed by atoms with E-state index in [1.165, 1.54) is 67.5 Å². The maximum atomic E-state index is 2.40. The number of benzene rings is 6. The first-order valence-corrected chi connectivity index (χ1v) is 14.0. The molecule has 0 radical (unpaired) electrons. The van der Waals surface area contributed by atoms with Gasteiger partial charge in [-0.05, 0) is 81.9 Å². The highest BCUT2D eigenvalue weighted by atomic mass is 15.2. The summed E-state index contributed by atoms with van der Waals surface area (Å²) in [6, 6.07) is 53.0. The zero-order chi connectivity index (χ0) is 26.5. The summed E-state index contributed by atoms with van der Waals surface area (Å²) in [6.45, 7) is 0. The molecule has 0 unspecified atom stereocenters. The fourth-order valence-corrected chi connectivity index (χ4v) is 6.35. The van der Waals surface area contributed by atoms with Crippen LogP contribution in [-0.4, -0.2) is 0 Å². The van der Waals surface area contributed by atoms with Crippen molar-refractivity contribution in [2.24, 2.45) is 0 Å². The minimum Gasteiger partial charge on any atom is -0.310 e. The third-order valence-corrected chi connectivity index (χ3v) is 8.28. The summed E-state index contributed by atoms with van der Waals surface area (Å²) in [6.07, 6.45) is 1.94. The van der Waals surface area contributed by atoms with Gasteiger partial charge in [0.25, 0.3) is 0 Å². The van der Waals surface area contributed by atoms with Crippen molar-refractivity contribution >= 4 is 34.1 Å².